The number of fused-ring (bicyclic) bond motifs is 1. The van der Waals surface area contributed by atoms with E-state index in [2.05, 4.69) is 4.99 Å². The van der Waals surface area contributed by atoms with E-state index in [1.165, 1.54) is 36.9 Å². The number of hydrogen-bond donors (Lipinski definition) is 0. The van der Waals surface area contributed by atoms with Gasteiger partial charge in [-0.1, -0.05) is 0 Å². The van der Waals surface area contributed by atoms with Crippen LogP contribution in [0.25, 0.3) is 0 Å². The molecule has 0 aromatic carbocycles. The minimum absolute atomic E-state index is 0.612. The van der Waals surface area contributed by atoms with E-state index in [1.54, 1.807) is 11.3 Å². The highest BCUT2D eigenvalue weighted by Gasteiger charge is 2.42. The number of thiophene rings is 1. The first kappa shape index (κ1) is 13.3. The van der Waals surface area contributed by atoms with Crippen molar-refractivity contribution >= 4 is 34.5 Å². The number of cyclic esters (lactones) is 2. The summed E-state index contributed by atoms with van der Waals surface area (Å²) in [5.74, 6) is -3.49. The predicted molar refractivity (Wildman–Crippen MR) is 74.2 cm³/mol. The van der Waals surface area contributed by atoms with Gasteiger partial charge in [-0.3, -0.25) is 9.59 Å². The fourth-order valence-electron chi connectivity index (χ4n) is 2.38. The minimum Gasteiger partial charge on any atom is -0.422 e. The van der Waals surface area contributed by atoms with Crippen LogP contribution in [0.3, 0.4) is 0 Å². The molecule has 106 valence electrons. The van der Waals surface area contributed by atoms with E-state index in [0.29, 0.717) is 0 Å². The number of carbonyl (C=O) groups is 2. The number of rotatable bonds is 2. The van der Waals surface area contributed by atoms with Crippen molar-refractivity contribution in [3.8, 4) is 0 Å². The third-order valence-corrected chi connectivity index (χ3v) is 4.43. The molecule has 2 aliphatic rings. The van der Waals surface area contributed by atoms with Gasteiger partial charge in [-0.05, 0) is 30.9 Å². The van der Waals surface area contributed by atoms with Crippen molar-refractivity contribution in [3.05, 3.63) is 16.5 Å². The average molecular weight is 293 g/mol. The smallest absolute Gasteiger partial charge is 0.329 e. The van der Waals surface area contributed by atoms with Crippen molar-refractivity contribution in [2.75, 3.05) is 0 Å². The zero-order valence-electron chi connectivity index (χ0n) is 11.3. The summed E-state index contributed by atoms with van der Waals surface area (Å²) >= 11 is 1.61. The van der Waals surface area contributed by atoms with Gasteiger partial charge in [0.25, 0.3) is 5.79 Å². The zero-order chi connectivity index (χ0) is 14.3. The number of ether oxygens (including phenoxy) is 2. The third kappa shape index (κ3) is 2.47. The maximum absolute atomic E-state index is 11.8. The van der Waals surface area contributed by atoms with Gasteiger partial charge in [-0.2, -0.15) is 0 Å². The number of esters is 2. The molecule has 0 atom stereocenters. The maximum atomic E-state index is 11.8. The van der Waals surface area contributed by atoms with Crippen molar-refractivity contribution in [3.63, 3.8) is 0 Å². The topological polar surface area (TPSA) is 65.0 Å². The lowest BCUT2D eigenvalue weighted by Crippen LogP contribution is -2.46. The lowest BCUT2D eigenvalue weighted by molar-refractivity contribution is -0.235. The summed E-state index contributed by atoms with van der Waals surface area (Å²) in [4.78, 5) is 29.1. The number of hydrogen-bond acceptors (Lipinski definition) is 6. The fraction of sp³-hybridized carbons (Fsp3) is 0.500. The van der Waals surface area contributed by atoms with Gasteiger partial charge in [0, 0.05) is 24.9 Å². The average Bonchev–Trinajstić information content (AvgIpc) is 2.86. The highest BCUT2D eigenvalue weighted by Crippen LogP contribution is 2.35. The van der Waals surface area contributed by atoms with Gasteiger partial charge in [0.15, 0.2) is 5.92 Å². The summed E-state index contributed by atoms with van der Waals surface area (Å²) in [7, 11) is 0. The second-order valence-electron chi connectivity index (χ2n) is 5.38. The van der Waals surface area contributed by atoms with Crippen LogP contribution in [0, 0.1) is 5.92 Å². The SMILES string of the molecule is CC1(C)OC(=O)C(C=Nc2cc3c(s2)CCC3)C(=O)O1. The number of aryl methyl sites for hydroxylation is 2. The zero-order valence-corrected chi connectivity index (χ0v) is 12.2. The van der Waals surface area contributed by atoms with Crippen LogP contribution in [0.4, 0.5) is 5.00 Å². The van der Waals surface area contributed by atoms with E-state index >= 15 is 0 Å². The van der Waals surface area contributed by atoms with E-state index in [1.807, 2.05) is 6.07 Å². The molecule has 0 radical (unpaired) electrons. The molecule has 1 aliphatic heterocycles. The largest absolute Gasteiger partial charge is 0.422 e. The highest BCUT2D eigenvalue weighted by atomic mass is 32.1. The van der Waals surface area contributed by atoms with Crippen molar-refractivity contribution in [1.82, 2.24) is 0 Å². The Morgan fingerprint density at radius 3 is 2.65 bits per heavy atom. The van der Waals surface area contributed by atoms with Gasteiger partial charge in [-0.25, -0.2) is 4.99 Å². The van der Waals surface area contributed by atoms with Crippen molar-refractivity contribution in [1.29, 1.82) is 0 Å². The van der Waals surface area contributed by atoms with E-state index in [4.69, 9.17) is 9.47 Å². The van der Waals surface area contributed by atoms with E-state index < -0.39 is 23.6 Å². The van der Waals surface area contributed by atoms with Gasteiger partial charge < -0.3 is 9.47 Å². The summed E-state index contributed by atoms with van der Waals surface area (Å²) in [5, 5.41) is 0.820. The summed E-state index contributed by atoms with van der Waals surface area (Å²) in [5.41, 5.74) is 1.33. The van der Waals surface area contributed by atoms with Gasteiger partial charge in [0.2, 0.25) is 0 Å². The molecule has 5 nitrogen and oxygen atoms in total. The van der Waals surface area contributed by atoms with Crippen LogP contribution in [0.2, 0.25) is 0 Å². The monoisotopic (exact) mass is 293 g/mol. The lowest BCUT2D eigenvalue weighted by Gasteiger charge is -2.31. The molecule has 3 rings (SSSR count). The molecule has 6 heteroatoms. The highest BCUT2D eigenvalue weighted by molar-refractivity contribution is 7.16. The van der Waals surface area contributed by atoms with Crippen LogP contribution in [0.5, 0.6) is 0 Å². The molecule has 0 spiro atoms. The molecule has 0 N–H and O–H groups in total. The third-order valence-electron chi connectivity index (χ3n) is 3.29. The molecule has 2 heterocycles. The van der Waals surface area contributed by atoms with Gasteiger partial charge in [-0.15, -0.1) is 11.3 Å². The summed E-state index contributed by atoms with van der Waals surface area (Å²) in [6, 6.07) is 2.02. The molecular weight excluding hydrogens is 278 g/mol. The maximum Gasteiger partial charge on any atom is 0.329 e. The molecule has 1 fully saturated rings. The Morgan fingerprint density at radius 2 is 2.00 bits per heavy atom. The van der Waals surface area contributed by atoms with Crippen LogP contribution < -0.4 is 0 Å². The molecule has 1 aromatic rings. The van der Waals surface area contributed by atoms with E-state index in [9.17, 15) is 9.59 Å². The number of carbonyl (C=O) groups excluding carboxylic acids is 2. The lowest BCUT2D eigenvalue weighted by atomic mass is 10.1. The summed E-state index contributed by atoms with van der Waals surface area (Å²) in [6.45, 7) is 3.06. The molecule has 0 saturated carbocycles. The van der Waals surface area contributed by atoms with Crippen molar-refractivity contribution in [2.24, 2.45) is 10.9 Å². The Morgan fingerprint density at radius 1 is 1.30 bits per heavy atom. The van der Waals surface area contributed by atoms with E-state index in [-0.39, 0.29) is 0 Å². The Kier molecular flexibility index (Phi) is 3.12. The Hall–Kier alpha value is -1.69. The second-order valence-corrected chi connectivity index (χ2v) is 6.50. The normalized spacial score (nSPS) is 21.9. The molecule has 0 amide bonds. The van der Waals surface area contributed by atoms with Gasteiger partial charge >= 0.3 is 11.9 Å². The second kappa shape index (κ2) is 4.70. The first-order chi connectivity index (χ1) is 9.44. The van der Waals surface area contributed by atoms with Crippen LogP contribution in [0.15, 0.2) is 11.1 Å². The molecule has 1 aliphatic carbocycles. The molecule has 0 bridgehead atoms. The molecule has 0 unspecified atom stereocenters. The Labute approximate surface area is 120 Å². The molecule has 1 saturated heterocycles. The van der Waals surface area contributed by atoms with E-state index in [0.717, 1.165) is 17.8 Å². The molecular formula is C14H15NO4S. The van der Waals surface area contributed by atoms with Gasteiger partial charge in [0.1, 0.15) is 5.00 Å². The first-order valence-corrected chi connectivity index (χ1v) is 7.38. The molecule has 20 heavy (non-hydrogen) atoms. The van der Waals surface area contributed by atoms with Crippen molar-refractivity contribution in [2.45, 2.75) is 38.9 Å². The fourth-order valence-corrected chi connectivity index (χ4v) is 3.48. The van der Waals surface area contributed by atoms with Crippen LogP contribution in [0.1, 0.15) is 30.7 Å². The Bertz CT molecular complexity index is 561. The number of nitrogens with zero attached hydrogens (tertiary/aromatic N) is 1. The number of aliphatic imine (C=N–C) groups is 1. The summed E-state index contributed by atoms with van der Waals surface area (Å²) < 4.78 is 10.1. The van der Waals surface area contributed by atoms with Crippen molar-refractivity contribution < 1.29 is 19.1 Å². The molecule has 1 aromatic heterocycles. The van der Waals surface area contributed by atoms with Crippen LogP contribution in [-0.2, 0) is 31.9 Å². The van der Waals surface area contributed by atoms with Crippen LogP contribution in [-0.4, -0.2) is 23.9 Å². The quantitative estimate of drug-likeness (QED) is 0.477. The summed E-state index contributed by atoms with van der Waals surface area (Å²) in [6.07, 6.45) is 4.70. The van der Waals surface area contributed by atoms with Gasteiger partial charge in [0.05, 0.1) is 0 Å². The minimum atomic E-state index is -1.19. The standard InChI is InChI=1S/C14H15NO4S/c1-14(2)18-12(16)9(13(17)19-14)7-15-11-6-8-4-3-5-10(8)20-11/h6-7,9H,3-5H2,1-2H3. The Balaban J connectivity index is 1.75. The van der Waals surface area contributed by atoms with Crippen LogP contribution >= 0.6 is 11.3 Å². The first-order valence-electron chi connectivity index (χ1n) is 6.56. The predicted octanol–water partition coefficient (Wildman–Crippen LogP) is 2.39.